The summed E-state index contributed by atoms with van der Waals surface area (Å²) >= 11 is 0. The molecule has 106 valence electrons. The number of benzene rings is 2. The number of rotatable bonds is 3. The van der Waals surface area contributed by atoms with Crippen LogP contribution < -0.4 is 11.5 Å². The van der Waals surface area contributed by atoms with Crippen molar-refractivity contribution in [3.63, 3.8) is 0 Å². The molecule has 0 aliphatic carbocycles. The molecular weight excluding hydrogens is 244 g/mol. The molecule has 0 amide bonds. The summed E-state index contributed by atoms with van der Waals surface area (Å²) in [5.74, 6) is 0. The molecule has 0 radical (unpaired) electrons. The lowest BCUT2D eigenvalue weighted by Gasteiger charge is -2.20. The first-order chi connectivity index (χ1) is 9.18. The summed E-state index contributed by atoms with van der Waals surface area (Å²) in [5, 5.41) is 0. The predicted octanol–water partition coefficient (Wildman–Crippen LogP) is 3.74. The van der Waals surface area contributed by atoms with E-state index in [0.717, 1.165) is 11.1 Å². The van der Waals surface area contributed by atoms with E-state index < -0.39 is 0 Å². The molecule has 0 heterocycles. The highest BCUT2D eigenvalue weighted by molar-refractivity contribution is 5.64. The lowest BCUT2D eigenvalue weighted by Crippen LogP contribution is -2.28. The zero-order chi connectivity index (χ0) is 15.0. The Balaban J connectivity index is 2.29. The summed E-state index contributed by atoms with van der Waals surface area (Å²) < 4.78 is 0. The Kier molecular flexibility index (Phi) is 3.72. The van der Waals surface area contributed by atoms with Gasteiger partial charge in [0.15, 0.2) is 0 Å². The number of hydrogen-bond acceptors (Lipinski definition) is 2. The zero-order valence-electron chi connectivity index (χ0n) is 12.8. The van der Waals surface area contributed by atoms with Crippen molar-refractivity contribution < 1.29 is 0 Å². The summed E-state index contributed by atoms with van der Waals surface area (Å²) in [7, 11) is 0. The molecule has 0 saturated carbocycles. The monoisotopic (exact) mass is 268 g/mol. The minimum Gasteiger partial charge on any atom is -0.322 e. The normalized spacial score (nSPS) is 12.5. The minimum absolute atomic E-state index is 0.300. The molecule has 0 fully saturated rings. The second kappa shape index (κ2) is 5.04. The fraction of sp³-hybridized carbons (Fsp3) is 0.333. The third kappa shape index (κ3) is 3.27. The van der Waals surface area contributed by atoms with Crippen LogP contribution in [-0.2, 0) is 11.1 Å². The highest BCUT2D eigenvalue weighted by Gasteiger charge is 2.15. The van der Waals surface area contributed by atoms with Crippen molar-refractivity contribution in [1.29, 1.82) is 0 Å². The molecule has 2 aromatic carbocycles. The van der Waals surface area contributed by atoms with Gasteiger partial charge in [0, 0.05) is 11.1 Å². The van der Waals surface area contributed by atoms with E-state index in [1.807, 2.05) is 27.7 Å². The Morgan fingerprint density at radius 1 is 0.550 bits per heavy atom. The summed E-state index contributed by atoms with van der Waals surface area (Å²) in [6.45, 7) is 8.06. The van der Waals surface area contributed by atoms with Crippen molar-refractivity contribution in [3.8, 4) is 11.1 Å². The molecule has 0 bridgehead atoms. The van der Waals surface area contributed by atoms with Crippen LogP contribution in [0.4, 0.5) is 0 Å². The Morgan fingerprint density at radius 2 is 0.800 bits per heavy atom. The van der Waals surface area contributed by atoms with Crippen molar-refractivity contribution in [2.75, 3.05) is 0 Å². The maximum Gasteiger partial charge on any atom is 0.0352 e. The van der Waals surface area contributed by atoms with E-state index in [1.165, 1.54) is 11.1 Å². The number of hydrogen-bond donors (Lipinski definition) is 2. The standard InChI is InChI=1S/C18H24N2/c1-17(2,19)15-9-5-13(6-10-15)14-7-11-16(12-8-14)18(3,4)20/h5-12H,19-20H2,1-4H3. The van der Waals surface area contributed by atoms with Crippen LogP contribution in [-0.4, -0.2) is 0 Å². The fourth-order valence-corrected chi connectivity index (χ4v) is 2.18. The van der Waals surface area contributed by atoms with Crippen LogP contribution in [0.25, 0.3) is 11.1 Å². The van der Waals surface area contributed by atoms with Crippen LogP contribution in [0.2, 0.25) is 0 Å². The van der Waals surface area contributed by atoms with E-state index in [4.69, 9.17) is 11.5 Å². The topological polar surface area (TPSA) is 52.0 Å². The van der Waals surface area contributed by atoms with Crippen molar-refractivity contribution in [2.24, 2.45) is 11.5 Å². The van der Waals surface area contributed by atoms with Gasteiger partial charge in [-0.05, 0) is 49.9 Å². The highest BCUT2D eigenvalue weighted by atomic mass is 14.7. The van der Waals surface area contributed by atoms with E-state index in [1.54, 1.807) is 0 Å². The minimum atomic E-state index is -0.300. The van der Waals surface area contributed by atoms with Gasteiger partial charge in [0.25, 0.3) is 0 Å². The molecule has 0 spiro atoms. The van der Waals surface area contributed by atoms with Gasteiger partial charge in [0.05, 0.1) is 0 Å². The maximum atomic E-state index is 6.10. The molecular formula is C18H24N2. The molecule has 2 nitrogen and oxygen atoms in total. The summed E-state index contributed by atoms with van der Waals surface area (Å²) in [4.78, 5) is 0. The summed E-state index contributed by atoms with van der Waals surface area (Å²) in [6.07, 6.45) is 0. The molecule has 0 aliphatic rings. The van der Waals surface area contributed by atoms with Gasteiger partial charge in [-0.25, -0.2) is 0 Å². The van der Waals surface area contributed by atoms with Crippen LogP contribution >= 0.6 is 0 Å². The summed E-state index contributed by atoms with van der Waals surface area (Å²) in [6, 6.07) is 16.8. The van der Waals surface area contributed by atoms with E-state index in [-0.39, 0.29) is 11.1 Å². The lowest BCUT2D eigenvalue weighted by molar-refractivity contribution is 0.554. The van der Waals surface area contributed by atoms with Crippen LogP contribution in [0.5, 0.6) is 0 Å². The van der Waals surface area contributed by atoms with Crippen LogP contribution in [0.3, 0.4) is 0 Å². The van der Waals surface area contributed by atoms with E-state index in [0.29, 0.717) is 0 Å². The fourth-order valence-electron chi connectivity index (χ4n) is 2.18. The lowest BCUT2D eigenvalue weighted by atomic mass is 9.91. The number of nitrogens with two attached hydrogens (primary N) is 2. The van der Waals surface area contributed by atoms with Crippen LogP contribution in [0.15, 0.2) is 48.5 Å². The van der Waals surface area contributed by atoms with Gasteiger partial charge in [-0.15, -0.1) is 0 Å². The first kappa shape index (κ1) is 14.8. The molecule has 2 aromatic rings. The quantitative estimate of drug-likeness (QED) is 0.891. The van der Waals surface area contributed by atoms with Crippen LogP contribution in [0, 0.1) is 0 Å². The van der Waals surface area contributed by atoms with Gasteiger partial charge in [-0.1, -0.05) is 48.5 Å². The van der Waals surface area contributed by atoms with Crippen molar-refractivity contribution in [2.45, 2.75) is 38.8 Å². The molecule has 0 unspecified atom stereocenters. The Hall–Kier alpha value is -1.64. The van der Waals surface area contributed by atoms with Crippen LogP contribution in [0.1, 0.15) is 38.8 Å². The largest absolute Gasteiger partial charge is 0.322 e. The average molecular weight is 268 g/mol. The SMILES string of the molecule is CC(C)(N)c1ccc(-c2ccc(C(C)(C)N)cc2)cc1. The third-order valence-electron chi connectivity index (χ3n) is 3.59. The van der Waals surface area contributed by atoms with E-state index >= 15 is 0 Å². The average Bonchev–Trinajstić information content (AvgIpc) is 2.37. The summed E-state index contributed by atoms with van der Waals surface area (Å²) in [5.41, 5.74) is 16.3. The van der Waals surface area contributed by atoms with Gasteiger partial charge in [-0.2, -0.15) is 0 Å². The molecule has 20 heavy (non-hydrogen) atoms. The van der Waals surface area contributed by atoms with Gasteiger partial charge in [-0.3, -0.25) is 0 Å². The van der Waals surface area contributed by atoms with E-state index in [2.05, 4.69) is 48.5 Å². The molecule has 2 rings (SSSR count). The molecule has 2 heteroatoms. The smallest absolute Gasteiger partial charge is 0.0352 e. The van der Waals surface area contributed by atoms with Gasteiger partial charge in [0.2, 0.25) is 0 Å². The highest BCUT2D eigenvalue weighted by Crippen LogP contribution is 2.25. The third-order valence-corrected chi connectivity index (χ3v) is 3.59. The van der Waals surface area contributed by atoms with E-state index in [9.17, 15) is 0 Å². The molecule has 0 aromatic heterocycles. The Labute approximate surface area is 121 Å². The zero-order valence-corrected chi connectivity index (χ0v) is 12.8. The second-order valence-electron chi connectivity index (χ2n) is 6.60. The Morgan fingerprint density at radius 3 is 1.00 bits per heavy atom. The van der Waals surface area contributed by atoms with Gasteiger partial charge < -0.3 is 11.5 Å². The molecule has 0 aliphatic heterocycles. The van der Waals surface area contributed by atoms with Crippen molar-refractivity contribution in [1.82, 2.24) is 0 Å². The molecule has 0 saturated heterocycles. The molecule has 0 atom stereocenters. The predicted molar refractivity (Wildman–Crippen MR) is 86.3 cm³/mol. The first-order valence-corrected chi connectivity index (χ1v) is 6.97. The maximum absolute atomic E-state index is 6.10. The molecule has 4 N–H and O–H groups in total. The van der Waals surface area contributed by atoms with Crippen molar-refractivity contribution >= 4 is 0 Å². The van der Waals surface area contributed by atoms with Gasteiger partial charge in [0.1, 0.15) is 0 Å². The first-order valence-electron chi connectivity index (χ1n) is 6.97. The second-order valence-corrected chi connectivity index (χ2v) is 6.60. The van der Waals surface area contributed by atoms with Crippen molar-refractivity contribution in [3.05, 3.63) is 59.7 Å². The van der Waals surface area contributed by atoms with Gasteiger partial charge >= 0.3 is 0 Å². The Bertz CT molecular complexity index is 511.